The van der Waals surface area contributed by atoms with E-state index in [1.807, 2.05) is 12.1 Å². The van der Waals surface area contributed by atoms with Crippen LogP contribution in [0, 0.1) is 0 Å². The van der Waals surface area contributed by atoms with Crippen LogP contribution in [-0.2, 0) is 27.1 Å². The number of carbonyl (C=O) groups is 2. The van der Waals surface area contributed by atoms with Crippen LogP contribution in [0.4, 0.5) is 0 Å². The highest BCUT2D eigenvalue weighted by atomic mass is 35.5. The lowest BCUT2D eigenvalue weighted by Gasteiger charge is -2.49. The first-order valence-corrected chi connectivity index (χ1v) is 12.7. The van der Waals surface area contributed by atoms with Crippen LogP contribution < -0.4 is 0 Å². The number of Topliss-reactive ketones (excluding diaryl/α,β-unsaturated/α-hetero) is 1. The number of allylic oxidation sites excluding steroid dienone is 1. The van der Waals surface area contributed by atoms with Crippen molar-refractivity contribution in [3.8, 4) is 0 Å². The predicted octanol–water partition coefficient (Wildman–Crippen LogP) is 2.29. The molecule has 2 aliphatic heterocycles. The molecule has 1 fully saturated rings. The summed E-state index contributed by atoms with van der Waals surface area (Å²) in [4.78, 5) is 27.1. The quantitative estimate of drug-likeness (QED) is 0.360. The van der Waals surface area contributed by atoms with Gasteiger partial charge in [0.25, 0.3) is 0 Å². The maximum Gasteiger partial charge on any atom is 0.249 e. The average Bonchev–Trinajstić information content (AvgIpc) is 3.13. The summed E-state index contributed by atoms with van der Waals surface area (Å²) in [6.45, 7) is 7.74. The van der Waals surface area contributed by atoms with Crippen molar-refractivity contribution in [2.24, 2.45) is 7.05 Å². The van der Waals surface area contributed by atoms with Crippen LogP contribution in [0.1, 0.15) is 43.6 Å². The van der Waals surface area contributed by atoms with E-state index in [1.54, 1.807) is 26.1 Å². The fourth-order valence-electron chi connectivity index (χ4n) is 3.77. The zero-order chi connectivity index (χ0) is 23.6. The number of rotatable bonds is 4. The van der Waals surface area contributed by atoms with Crippen LogP contribution in [0.5, 0.6) is 0 Å². The number of halogens is 1. The zero-order valence-electron chi connectivity index (χ0n) is 18.1. The van der Waals surface area contributed by atoms with Gasteiger partial charge in [-0.3, -0.25) is 14.5 Å². The SMILES string of the molecule is CC1=C(C(=O)c2ccc(C(C)(C)C)cc2)N2C(=O)[C@H](Cl)[C@H]2S(=O)(=O)C1Sc1nnnn1C. The number of thioether (sulfide) groups is 1. The number of benzene rings is 1. The lowest BCUT2D eigenvalue weighted by molar-refractivity contribution is -0.138. The minimum absolute atomic E-state index is 0.0443. The zero-order valence-corrected chi connectivity index (χ0v) is 20.5. The number of sulfone groups is 1. The molecule has 3 atom stereocenters. The molecule has 4 rings (SSSR count). The van der Waals surface area contributed by atoms with Gasteiger partial charge in [0.1, 0.15) is 9.96 Å². The molecule has 170 valence electrons. The van der Waals surface area contributed by atoms with Crippen LogP contribution >= 0.6 is 23.4 Å². The molecule has 0 saturated carbocycles. The molecule has 32 heavy (non-hydrogen) atoms. The highest BCUT2D eigenvalue weighted by Crippen LogP contribution is 2.47. The Morgan fingerprint density at radius 3 is 2.34 bits per heavy atom. The van der Waals surface area contributed by atoms with Gasteiger partial charge >= 0.3 is 0 Å². The number of amides is 1. The van der Waals surface area contributed by atoms with E-state index in [0.29, 0.717) is 5.56 Å². The van der Waals surface area contributed by atoms with E-state index in [2.05, 4.69) is 36.3 Å². The lowest BCUT2D eigenvalue weighted by Crippen LogP contribution is -2.69. The number of ketones is 1. The van der Waals surface area contributed by atoms with Crippen molar-refractivity contribution < 1.29 is 18.0 Å². The molecule has 0 aliphatic carbocycles. The number of nitrogens with zero attached hydrogens (tertiary/aromatic N) is 5. The van der Waals surface area contributed by atoms with Crippen molar-refractivity contribution in [3.63, 3.8) is 0 Å². The molecule has 1 amide bonds. The molecule has 0 radical (unpaired) electrons. The highest BCUT2D eigenvalue weighted by Gasteiger charge is 2.62. The summed E-state index contributed by atoms with van der Waals surface area (Å²) in [7, 11) is -2.36. The van der Waals surface area contributed by atoms with Gasteiger partial charge in [-0.15, -0.1) is 16.7 Å². The number of tetrazole rings is 1. The van der Waals surface area contributed by atoms with E-state index in [0.717, 1.165) is 22.2 Å². The van der Waals surface area contributed by atoms with Gasteiger partial charge in [-0.1, -0.05) is 56.8 Å². The number of fused-ring (bicyclic) bond motifs is 1. The molecule has 0 bridgehead atoms. The van der Waals surface area contributed by atoms with E-state index in [1.165, 1.54) is 4.68 Å². The highest BCUT2D eigenvalue weighted by molar-refractivity contribution is 8.14. The molecule has 3 heterocycles. The second-order valence-corrected chi connectivity index (χ2v) is 12.8. The van der Waals surface area contributed by atoms with Crippen molar-refractivity contribution in [2.45, 2.75) is 53.6 Å². The minimum Gasteiger partial charge on any atom is -0.287 e. The maximum absolute atomic E-state index is 13.5. The molecule has 2 aliphatic rings. The molecule has 0 spiro atoms. The average molecular weight is 496 g/mol. The number of aryl methyl sites for hydroxylation is 1. The standard InChI is InChI=1S/C20H22ClN5O4S2/c1-10-14(15(27)11-6-8-12(9-7-11)20(2,3)4)26-16(28)13(21)17(26)32(29,30)18(10)31-19-22-23-24-25(19)5/h6-9,13,17-18H,1-5H3/t13-,17+,18?/m0/s1. The number of alkyl halides is 1. The van der Waals surface area contributed by atoms with Crippen LogP contribution in [0.2, 0.25) is 0 Å². The molecule has 1 aromatic heterocycles. The van der Waals surface area contributed by atoms with Gasteiger partial charge in [-0.25, -0.2) is 13.1 Å². The summed E-state index contributed by atoms with van der Waals surface area (Å²) < 4.78 is 26.8. The van der Waals surface area contributed by atoms with Gasteiger partial charge in [0.05, 0.1) is 5.70 Å². The Morgan fingerprint density at radius 1 is 1.19 bits per heavy atom. The van der Waals surface area contributed by atoms with Gasteiger partial charge in [0.15, 0.2) is 15.2 Å². The minimum atomic E-state index is -3.95. The van der Waals surface area contributed by atoms with E-state index < -0.39 is 36.9 Å². The summed E-state index contributed by atoms with van der Waals surface area (Å²) in [5, 5.41) is 8.82. The maximum atomic E-state index is 13.5. The number of aromatic nitrogens is 4. The fourth-order valence-corrected chi connectivity index (χ4v) is 8.12. The summed E-state index contributed by atoms with van der Waals surface area (Å²) in [6.07, 6.45) is 0. The summed E-state index contributed by atoms with van der Waals surface area (Å²) in [6, 6.07) is 7.11. The summed E-state index contributed by atoms with van der Waals surface area (Å²) in [5.41, 5.74) is 1.61. The number of β-lactam (4-membered cyclic amide) rings is 1. The van der Waals surface area contributed by atoms with Crippen molar-refractivity contribution in [2.75, 3.05) is 0 Å². The van der Waals surface area contributed by atoms with E-state index in [9.17, 15) is 18.0 Å². The molecule has 1 aromatic carbocycles. The van der Waals surface area contributed by atoms with Crippen molar-refractivity contribution in [1.82, 2.24) is 25.1 Å². The van der Waals surface area contributed by atoms with Gasteiger partial charge < -0.3 is 0 Å². The van der Waals surface area contributed by atoms with Gasteiger partial charge in [-0.05, 0) is 33.9 Å². The first kappa shape index (κ1) is 22.9. The molecular formula is C20H22ClN5O4S2. The van der Waals surface area contributed by atoms with Gasteiger partial charge in [-0.2, -0.15) is 0 Å². The first-order chi connectivity index (χ1) is 14.9. The number of carbonyl (C=O) groups excluding carboxylic acids is 2. The van der Waals surface area contributed by atoms with Crippen molar-refractivity contribution >= 4 is 44.9 Å². The molecule has 2 aromatic rings. The molecular weight excluding hydrogens is 474 g/mol. The summed E-state index contributed by atoms with van der Waals surface area (Å²) >= 11 is 7.02. The second kappa shape index (κ2) is 7.67. The largest absolute Gasteiger partial charge is 0.287 e. The van der Waals surface area contributed by atoms with Crippen LogP contribution in [-0.4, -0.2) is 60.5 Å². The van der Waals surface area contributed by atoms with Crippen LogP contribution in [0.25, 0.3) is 0 Å². The van der Waals surface area contributed by atoms with Gasteiger partial charge in [0, 0.05) is 12.6 Å². The normalized spacial score (nSPS) is 24.9. The lowest BCUT2D eigenvalue weighted by atomic mass is 9.86. The monoisotopic (exact) mass is 495 g/mol. The Kier molecular flexibility index (Phi) is 5.50. The molecule has 9 nitrogen and oxygen atoms in total. The Bertz CT molecular complexity index is 1250. The van der Waals surface area contributed by atoms with Crippen LogP contribution in [0.15, 0.2) is 40.7 Å². The molecule has 0 N–H and O–H groups in total. The van der Waals surface area contributed by atoms with E-state index in [-0.39, 0.29) is 21.8 Å². The topological polar surface area (TPSA) is 115 Å². The first-order valence-electron chi connectivity index (χ1n) is 9.80. The molecule has 1 unspecified atom stereocenters. The van der Waals surface area contributed by atoms with Crippen molar-refractivity contribution in [1.29, 1.82) is 0 Å². The molecule has 12 heteroatoms. The second-order valence-electron chi connectivity index (χ2n) is 8.81. The Balaban J connectivity index is 1.81. The number of hydrogen-bond donors (Lipinski definition) is 0. The van der Waals surface area contributed by atoms with Gasteiger partial charge in [0.2, 0.25) is 16.8 Å². The van der Waals surface area contributed by atoms with E-state index >= 15 is 0 Å². The Morgan fingerprint density at radius 2 is 1.81 bits per heavy atom. The van der Waals surface area contributed by atoms with Crippen molar-refractivity contribution in [3.05, 3.63) is 46.7 Å². The Hall–Kier alpha value is -2.24. The predicted molar refractivity (Wildman–Crippen MR) is 120 cm³/mol. The number of hydrogen-bond acceptors (Lipinski definition) is 8. The fraction of sp³-hybridized carbons (Fsp3) is 0.450. The third kappa shape index (κ3) is 3.46. The molecule has 1 saturated heterocycles. The van der Waals surface area contributed by atoms with Crippen LogP contribution in [0.3, 0.4) is 0 Å². The smallest absolute Gasteiger partial charge is 0.249 e. The third-order valence-corrected chi connectivity index (χ3v) is 10.5. The van der Waals surface area contributed by atoms with E-state index in [4.69, 9.17) is 11.6 Å². The Labute approximate surface area is 195 Å². The summed E-state index contributed by atoms with van der Waals surface area (Å²) in [5.74, 6) is -1.03. The third-order valence-electron chi connectivity index (χ3n) is 5.60.